The van der Waals surface area contributed by atoms with Gasteiger partial charge in [-0.2, -0.15) is 0 Å². The SMILES string of the molecule is C#C[Si](C)(C)CCCNC(=O)OCC1c2ccccc2-c2ccccc21. The number of hydrogen-bond acceptors (Lipinski definition) is 2. The summed E-state index contributed by atoms with van der Waals surface area (Å²) in [5, 5.41) is 2.84. The number of hydrogen-bond donors (Lipinski definition) is 1. The third-order valence-corrected chi connectivity index (χ3v) is 7.37. The van der Waals surface area contributed by atoms with E-state index in [1.807, 2.05) is 24.3 Å². The lowest BCUT2D eigenvalue weighted by Gasteiger charge is -2.16. The van der Waals surface area contributed by atoms with Crippen LogP contribution in [0, 0.1) is 12.0 Å². The third-order valence-electron chi connectivity index (χ3n) is 4.98. The minimum atomic E-state index is -1.53. The molecule has 0 fully saturated rings. The molecule has 3 rings (SSSR count). The van der Waals surface area contributed by atoms with Gasteiger partial charge in [-0.15, -0.1) is 12.0 Å². The van der Waals surface area contributed by atoms with Crippen molar-refractivity contribution in [3.05, 3.63) is 59.7 Å². The first-order valence-electron chi connectivity index (χ1n) is 9.08. The van der Waals surface area contributed by atoms with Crippen LogP contribution < -0.4 is 5.32 Å². The predicted molar refractivity (Wildman–Crippen MR) is 109 cm³/mol. The highest BCUT2D eigenvalue weighted by Gasteiger charge is 2.28. The van der Waals surface area contributed by atoms with Gasteiger partial charge in [0.2, 0.25) is 0 Å². The van der Waals surface area contributed by atoms with E-state index in [0.717, 1.165) is 12.5 Å². The minimum absolute atomic E-state index is 0.0981. The summed E-state index contributed by atoms with van der Waals surface area (Å²) in [4.78, 5) is 12.1. The van der Waals surface area contributed by atoms with Gasteiger partial charge < -0.3 is 10.1 Å². The van der Waals surface area contributed by atoms with Gasteiger partial charge in [0.05, 0.1) is 0 Å². The first kappa shape index (κ1) is 18.3. The van der Waals surface area contributed by atoms with E-state index in [-0.39, 0.29) is 12.0 Å². The molecule has 1 amide bonds. The van der Waals surface area contributed by atoms with E-state index in [2.05, 4.69) is 48.2 Å². The molecule has 0 atom stereocenters. The maximum Gasteiger partial charge on any atom is 0.407 e. The minimum Gasteiger partial charge on any atom is -0.449 e. The Kier molecular flexibility index (Phi) is 5.48. The van der Waals surface area contributed by atoms with Crippen molar-refractivity contribution in [2.24, 2.45) is 0 Å². The zero-order valence-electron chi connectivity index (χ0n) is 15.4. The van der Waals surface area contributed by atoms with E-state index < -0.39 is 8.07 Å². The summed E-state index contributed by atoms with van der Waals surface area (Å²) >= 11 is 0. The van der Waals surface area contributed by atoms with Crippen molar-refractivity contribution < 1.29 is 9.53 Å². The number of rotatable bonds is 6. The van der Waals surface area contributed by atoms with Gasteiger partial charge in [-0.1, -0.05) is 61.6 Å². The predicted octanol–water partition coefficient (Wildman–Crippen LogP) is 4.80. The summed E-state index contributed by atoms with van der Waals surface area (Å²) in [6, 6.07) is 17.7. The lowest BCUT2D eigenvalue weighted by molar-refractivity contribution is 0.143. The lowest BCUT2D eigenvalue weighted by atomic mass is 9.98. The quantitative estimate of drug-likeness (QED) is 0.455. The molecule has 0 aliphatic heterocycles. The molecule has 0 bridgehead atoms. The molecule has 4 heteroatoms. The summed E-state index contributed by atoms with van der Waals surface area (Å²) in [6.45, 7) is 5.29. The van der Waals surface area contributed by atoms with Gasteiger partial charge in [-0.25, -0.2) is 4.79 Å². The molecule has 3 nitrogen and oxygen atoms in total. The lowest BCUT2D eigenvalue weighted by Crippen LogP contribution is -2.29. The first-order chi connectivity index (χ1) is 12.5. The van der Waals surface area contributed by atoms with Crippen LogP contribution in [0.1, 0.15) is 23.5 Å². The number of amides is 1. The average Bonchev–Trinajstić information content (AvgIpc) is 2.98. The molecule has 26 heavy (non-hydrogen) atoms. The van der Waals surface area contributed by atoms with Crippen LogP contribution in [0.25, 0.3) is 11.1 Å². The number of benzene rings is 2. The largest absolute Gasteiger partial charge is 0.449 e. The van der Waals surface area contributed by atoms with E-state index in [1.54, 1.807) is 0 Å². The van der Waals surface area contributed by atoms with Crippen LogP contribution >= 0.6 is 0 Å². The van der Waals surface area contributed by atoms with Crippen LogP contribution in [-0.2, 0) is 4.74 Å². The van der Waals surface area contributed by atoms with E-state index in [4.69, 9.17) is 11.2 Å². The molecular weight excluding hydrogens is 338 g/mol. The normalized spacial score (nSPS) is 12.8. The molecule has 2 aromatic carbocycles. The van der Waals surface area contributed by atoms with Crippen molar-refractivity contribution in [3.63, 3.8) is 0 Å². The standard InChI is InChI=1S/C22H25NO2Si/c1-4-26(2,3)15-9-14-23-22(24)25-16-21-19-12-7-5-10-17(19)18-11-6-8-13-20(18)21/h1,5-8,10-13,21H,9,14-16H2,2-3H3,(H,23,24). The molecule has 1 aliphatic rings. The number of fused-ring (bicyclic) bond motifs is 3. The zero-order chi connectivity index (χ0) is 18.6. The first-order valence-corrected chi connectivity index (χ1v) is 12.3. The van der Waals surface area contributed by atoms with E-state index in [0.29, 0.717) is 13.2 Å². The maximum atomic E-state index is 12.1. The fourth-order valence-corrected chi connectivity index (χ4v) is 4.65. The molecule has 1 N–H and O–H groups in total. The molecule has 0 radical (unpaired) electrons. The molecular formula is C22H25NO2Si. The van der Waals surface area contributed by atoms with Gasteiger partial charge in [0.25, 0.3) is 0 Å². The number of terminal acetylenes is 1. The highest BCUT2D eigenvalue weighted by molar-refractivity contribution is 6.84. The monoisotopic (exact) mass is 363 g/mol. The van der Waals surface area contributed by atoms with Crippen molar-refractivity contribution in [2.45, 2.75) is 31.5 Å². The van der Waals surface area contributed by atoms with Gasteiger partial charge in [-0.05, 0) is 34.7 Å². The van der Waals surface area contributed by atoms with Crippen LogP contribution in [0.15, 0.2) is 48.5 Å². The van der Waals surface area contributed by atoms with Crippen LogP contribution in [0.2, 0.25) is 19.1 Å². The van der Waals surface area contributed by atoms with Crippen molar-refractivity contribution in [1.29, 1.82) is 0 Å². The molecule has 0 saturated heterocycles. The van der Waals surface area contributed by atoms with Crippen LogP contribution in [0.3, 0.4) is 0 Å². The average molecular weight is 364 g/mol. The summed E-state index contributed by atoms with van der Waals surface area (Å²) in [7, 11) is -1.53. The van der Waals surface area contributed by atoms with Gasteiger partial charge in [0, 0.05) is 12.5 Å². The summed E-state index contributed by atoms with van der Waals surface area (Å²) < 4.78 is 5.52. The summed E-state index contributed by atoms with van der Waals surface area (Å²) in [5.41, 5.74) is 7.83. The smallest absolute Gasteiger partial charge is 0.407 e. The second-order valence-electron chi connectivity index (χ2n) is 7.38. The number of carbonyl (C=O) groups excluding carboxylic acids is 1. The maximum absolute atomic E-state index is 12.1. The third kappa shape index (κ3) is 4.00. The molecule has 0 heterocycles. The zero-order valence-corrected chi connectivity index (χ0v) is 16.4. The number of ether oxygens (including phenoxy) is 1. The molecule has 0 unspecified atom stereocenters. The number of carbonyl (C=O) groups is 1. The van der Waals surface area contributed by atoms with Crippen LogP contribution in [-0.4, -0.2) is 27.3 Å². The number of alkyl carbamates (subject to hydrolysis) is 1. The second-order valence-corrected chi connectivity index (χ2v) is 11.9. The Bertz CT molecular complexity index is 793. The molecule has 0 aromatic heterocycles. The molecule has 1 aliphatic carbocycles. The van der Waals surface area contributed by atoms with Gasteiger partial charge in [-0.3, -0.25) is 0 Å². The van der Waals surface area contributed by atoms with Crippen molar-refractivity contribution in [2.75, 3.05) is 13.2 Å². The summed E-state index contributed by atoms with van der Waals surface area (Å²) in [5.74, 6) is 0.0981. The van der Waals surface area contributed by atoms with E-state index in [1.165, 1.54) is 22.3 Å². The molecule has 0 saturated carbocycles. The topological polar surface area (TPSA) is 38.3 Å². The van der Waals surface area contributed by atoms with Gasteiger partial charge in [0.1, 0.15) is 14.7 Å². The van der Waals surface area contributed by atoms with Crippen LogP contribution in [0.5, 0.6) is 0 Å². The van der Waals surface area contributed by atoms with E-state index in [9.17, 15) is 4.79 Å². The van der Waals surface area contributed by atoms with Gasteiger partial charge in [0.15, 0.2) is 0 Å². The Balaban J connectivity index is 1.55. The Morgan fingerprint density at radius 2 is 1.69 bits per heavy atom. The Labute approximate surface area is 156 Å². The van der Waals surface area contributed by atoms with Gasteiger partial charge >= 0.3 is 6.09 Å². The Morgan fingerprint density at radius 3 is 2.27 bits per heavy atom. The fourth-order valence-electron chi connectivity index (χ4n) is 3.44. The Hall–Kier alpha value is -2.51. The highest BCUT2D eigenvalue weighted by Crippen LogP contribution is 2.44. The van der Waals surface area contributed by atoms with Crippen LogP contribution in [0.4, 0.5) is 4.79 Å². The summed E-state index contributed by atoms with van der Waals surface area (Å²) in [6.07, 6.45) is 6.09. The number of nitrogens with one attached hydrogen (secondary N) is 1. The van der Waals surface area contributed by atoms with Crippen molar-refractivity contribution in [3.8, 4) is 23.1 Å². The highest BCUT2D eigenvalue weighted by atomic mass is 28.3. The molecule has 2 aromatic rings. The van der Waals surface area contributed by atoms with Crippen molar-refractivity contribution >= 4 is 14.2 Å². The second kappa shape index (κ2) is 7.80. The molecule has 0 spiro atoms. The fraction of sp³-hybridized carbons (Fsp3) is 0.318. The Morgan fingerprint density at radius 1 is 1.12 bits per heavy atom. The molecule has 134 valence electrons. The van der Waals surface area contributed by atoms with Crippen molar-refractivity contribution in [1.82, 2.24) is 5.32 Å². The van der Waals surface area contributed by atoms with E-state index >= 15 is 0 Å².